The minimum absolute atomic E-state index is 0.197. The van der Waals surface area contributed by atoms with Gasteiger partial charge >= 0.3 is 0 Å². The average molecular weight is 464 g/mol. The standard InChI is InChI=1S/C24H25N5O3S/c1-14(2)13-20(30)27-26-15(3)21-22(16-9-11-17(32-4)12-10-16)28-29(23(21)31)24-25-18-7-5-6-8-19(18)33-24/h5-12,14,28H,13H2,1-4H3,(H,27,30). The molecule has 9 heteroatoms. The van der Waals surface area contributed by atoms with Gasteiger partial charge in [-0.2, -0.15) is 9.78 Å². The summed E-state index contributed by atoms with van der Waals surface area (Å²) < 4.78 is 7.66. The molecule has 4 rings (SSSR count). The van der Waals surface area contributed by atoms with Gasteiger partial charge in [-0.15, -0.1) is 0 Å². The molecule has 0 spiro atoms. The number of carbonyl (C=O) groups is 1. The number of para-hydroxylation sites is 1. The molecule has 0 aliphatic heterocycles. The zero-order valence-electron chi connectivity index (χ0n) is 18.9. The lowest BCUT2D eigenvalue weighted by Crippen LogP contribution is -2.24. The van der Waals surface area contributed by atoms with Gasteiger partial charge in [-0.05, 0) is 49.2 Å². The van der Waals surface area contributed by atoms with E-state index in [1.165, 1.54) is 16.0 Å². The van der Waals surface area contributed by atoms with Crippen molar-refractivity contribution in [3.8, 4) is 22.1 Å². The highest BCUT2D eigenvalue weighted by Crippen LogP contribution is 2.27. The molecule has 0 atom stereocenters. The normalized spacial score (nSPS) is 11.8. The molecule has 1 amide bonds. The number of ether oxygens (including phenoxy) is 1. The molecule has 2 N–H and O–H groups in total. The molecule has 0 saturated carbocycles. The van der Waals surface area contributed by atoms with Gasteiger partial charge in [0.2, 0.25) is 11.0 Å². The summed E-state index contributed by atoms with van der Waals surface area (Å²) in [4.78, 5) is 30.2. The second kappa shape index (κ2) is 9.41. The van der Waals surface area contributed by atoms with Crippen molar-refractivity contribution in [2.75, 3.05) is 7.11 Å². The van der Waals surface area contributed by atoms with E-state index >= 15 is 0 Å². The lowest BCUT2D eigenvalue weighted by Gasteiger charge is -2.06. The maximum atomic E-state index is 13.5. The van der Waals surface area contributed by atoms with Gasteiger partial charge in [0, 0.05) is 12.0 Å². The number of H-pyrrole nitrogens is 1. The Hall–Kier alpha value is -3.72. The molecule has 0 saturated heterocycles. The van der Waals surface area contributed by atoms with Crippen LogP contribution in [0.3, 0.4) is 0 Å². The van der Waals surface area contributed by atoms with Crippen LogP contribution in [0.15, 0.2) is 58.4 Å². The maximum absolute atomic E-state index is 13.5. The average Bonchev–Trinajstić information content (AvgIpc) is 3.38. The number of rotatable bonds is 7. The molecule has 8 nitrogen and oxygen atoms in total. The van der Waals surface area contributed by atoms with Crippen LogP contribution in [0.5, 0.6) is 5.75 Å². The van der Waals surface area contributed by atoms with E-state index < -0.39 is 0 Å². The molecule has 2 heterocycles. The molecule has 2 aromatic heterocycles. The van der Waals surface area contributed by atoms with Crippen LogP contribution in [0.1, 0.15) is 32.8 Å². The van der Waals surface area contributed by atoms with E-state index in [1.54, 1.807) is 14.0 Å². The van der Waals surface area contributed by atoms with E-state index in [4.69, 9.17) is 4.74 Å². The highest BCUT2D eigenvalue weighted by Gasteiger charge is 2.21. The number of thiazole rings is 1. The number of methoxy groups -OCH3 is 1. The van der Waals surface area contributed by atoms with Crippen LogP contribution >= 0.6 is 11.3 Å². The second-order valence-electron chi connectivity index (χ2n) is 8.03. The maximum Gasteiger partial charge on any atom is 0.283 e. The summed E-state index contributed by atoms with van der Waals surface area (Å²) in [6.07, 6.45) is 0.352. The smallest absolute Gasteiger partial charge is 0.283 e. The quantitative estimate of drug-likeness (QED) is 0.314. The summed E-state index contributed by atoms with van der Waals surface area (Å²) in [5.74, 6) is 0.718. The van der Waals surface area contributed by atoms with Crippen molar-refractivity contribution < 1.29 is 9.53 Å². The first-order valence-electron chi connectivity index (χ1n) is 10.6. The molecule has 170 valence electrons. The van der Waals surface area contributed by atoms with Crippen LogP contribution < -0.4 is 15.7 Å². The Bertz CT molecular complexity index is 1350. The van der Waals surface area contributed by atoms with Gasteiger partial charge < -0.3 is 4.74 Å². The Morgan fingerprint density at radius 1 is 1.21 bits per heavy atom. The molecule has 4 aromatic rings. The molecule has 0 aliphatic rings. The van der Waals surface area contributed by atoms with Crippen LogP contribution in [0.4, 0.5) is 0 Å². The van der Waals surface area contributed by atoms with Crippen molar-refractivity contribution in [1.29, 1.82) is 0 Å². The third-order valence-electron chi connectivity index (χ3n) is 5.05. The number of benzene rings is 2. The number of carbonyl (C=O) groups excluding carboxylic acids is 1. The van der Waals surface area contributed by atoms with Crippen LogP contribution in [0.25, 0.3) is 26.6 Å². The fourth-order valence-electron chi connectivity index (χ4n) is 3.45. The van der Waals surface area contributed by atoms with Gasteiger partial charge in [0.25, 0.3) is 5.56 Å². The summed E-state index contributed by atoms with van der Waals surface area (Å²) in [7, 11) is 1.60. The summed E-state index contributed by atoms with van der Waals surface area (Å²) >= 11 is 1.42. The summed E-state index contributed by atoms with van der Waals surface area (Å²) in [6.45, 7) is 5.62. The minimum Gasteiger partial charge on any atom is -0.497 e. The number of aromatic amines is 1. The number of amides is 1. The minimum atomic E-state index is -0.292. The Kier molecular flexibility index (Phi) is 6.41. The Labute approximate surface area is 194 Å². The molecule has 0 bridgehead atoms. The lowest BCUT2D eigenvalue weighted by atomic mass is 10.1. The van der Waals surface area contributed by atoms with Crippen molar-refractivity contribution in [2.45, 2.75) is 27.2 Å². The number of nitrogens with one attached hydrogen (secondary N) is 2. The zero-order chi connectivity index (χ0) is 23.5. The molecule has 0 aliphatic carbocycles. The van der Waals surface area contributed by atoms with E-state index in [0.29, 0.717) is 34.3 Å². The Balaban J connectivity index is 1.82. The summed E-state index contributed by atoms with van der Waals surface area (Å²) in [6, 6.07) is 15.1. The molecular formula is C24H25N5O3S. The number of hydrazone groups is 1. The van der Waals surface area contributed by atoms with Crippen molar-refractivity contribution in [2.24, 2.45) is 11.0 Å². The zero-order valence-corrected chi connectivity index (χ0v) is 19.7. The molecule has 0 fully saturated rings. The topological polar surface area (TPSA) is 101 Å². The first kappa shape index (κ1) is 22.5. The third kappa shape index (κ3) is 4.73. The van der Waals surface area contributed by atoms with E-state index in [-0.39, 0.29) is 17.4 Å². The first-order chi connectivity index (χ1) is 15.9. The largest absolute Gasteiger partial charge is 0.497 e. The number of aromatic nitrogens is 3. The van der Waals surface area contributed by atoms with E-state index in [1.807, 2.05) is 62.4 Å². The van der Waals surface area contributed by atoms with Gasteiger partial charge in [0.1, 0.15) is 5.75 Å². The number of hydrogen-bond donors (Lipinski definition) is 2. The highest BCUT2D eigenvalue weighted by atomic mass is 32.1. The lowest BCUT2D eigenvalue weighted by molar-refractivity contribution is -0.121. The van der Waals surface area contributed by atoms with Gasteiger partial charge in [0.15, 0.2) is 0 Å². The first-order valence-corrected chi connectivity index (χ1v) is 11.4. The summed E-state index contributed by atoms with van der Waals surface area (Å²) in [5.41, 5.74) is 5.22. The van der Waals surface area contributed by atoms with Gasteiger partial charge in [0.05, 0.1) is 34.3 Å². The third-order valence-corrected chi connectivity index (χ3v) is 6.07. The predicted octanol–water partition coefficient (Wildman–Crippen LogP) is 4.34. The van der Waals surface area contributed by atoms with Crippen molar-refractivity contribution in [3.05, 3.63) is 64.4 Å². The van der Waals surface area contributed by atoms with E-state index in [2.05, 4.69) is 20.6 Å². The highest BCUT2D eigenvalue weighted by molar-refractivity contribution is 7.20. The van der Waals surface area contributed by atoms with Crippen molar-refractivity contribution in [3.63, 3.8) is 0 Å². The monoisotopic (exact) mass is 463 g/mol. The van der Waals surface area contributed by atoms with Gasteiger partial charge in [-0.1, -0.05) is 37.3 Å². The van der Waals surface area contributed by atoms with Crippen LogP contribution in [0.2, 0.25) is 0 Å². The summed E-state index contributed by atoms with van der Waals surface area (Å²) in [5, 5.41) is 7.95. The second-order valence-corrected chi connectivity index (χ2v) is 9.03. The fraction of sp³-hybridized carbons (Fsp3) is 0.250. The van der Waals surface area contributed by atoms with Crippen LogP contribution in [-0.2, 0) is 4.79 Å². The molecule has 2 aromatic carbocycles. The van der Waals surface area contributed by atoms with E-state index in [0.717, 1.165) is 15.8 Å². The molecule has 0 unspecified atom stereocenters. The van der Waals surface area contributed by atoms with Gasteiger partial charge in [-0.25, -0.2) is 10.4 Å². The number of fused-ring (bicyclic) bond motifs is 1. The Morgan fingerprint density at radius 2 is 1.94 bits per heavy atom. The van der Waals surface area contributed by atoms with Crippen LogP contribution in [-0.4, -0.2) is 33.5 Å². The number of nitrogens with zero attached hydrogens (tertiary/aromatic N) is 3. The van der Waals surface area contributed by atoms with Crippen molar-refractivity contribution >= 4 is 33.2 Å². The predicted molar refractivity (Wildman–Crippen MR) is 131 cm³/mol. The Morgan fingerprint density at radius 3 is 2.61 bits per heavy atom. The SMILES string of the molecule is COc1ccc(-c2[nH]n(-c3nc4ccccc4s3)c(=O)c2C(C)=NNC(=O)CC(C)C)cc1. The fourth-order valence-corrected chi connectivity index (χ4v) is 4.37. The van der Waals surface area contributed by atoms with Crippen molar-refractivity contribution in [1.82, 2.24) is 20.2 Å². The van der Waals surface area contributed by atoms with Gasteiger partial charge in [-0.3, -0.25) is 14.7 Å². The number of hydrogen-bond acceptors (Lipinski definition) is 6. The molecule has 33 heavy (non-hydrogen) atoms. The molecule has 0 radical (unpaired) electrons. The van der Waals surface area contributed by atoms with E-state index in [9.17, 15) is 9.59 Å². The molecular weight excluding hydrogens is 438 g/mol. The van der Waals surface area contributed by atoms with Crippen LogP contribution in [0, 0.1) is 5.92 Å².